The largest absolute Gasteiger partial charge is 0.493 e. The molecule has 0 saturated carbocycles. The monoisotopic (exact) mass is 438 g/mol. The highest BCUT2D eigenvalue weighted by Crippen LogP contribution is 2.26. The predicted octanol–water partition coefficient (Wildman–Crippen LogP) is 5.42. The Kier molecular flexibility index (Phi) is 5.53. The Labute approximate surface area is 191 Å². The lowest BCUT2D eigenvalue weighted by Crippen LogP contribution is -2.05. The maximum atomic E-state index is 12.7. The van der Waals surface area contributed by atoms with Crippen LogP contribution < -0.4 is 4.74 Å². The molecule has 4 aromatic carbocycles. The van der Waals surface area contributed by atoms with E-state index in [2.05, 4.69) is 6.07 Å². The lowest BCUT2D eigenvalue weighted by molar-refractivity contribution is 0.0472. The molecule has 0 amide bonds. The Bertz CT molecular complexity index is 1350. The van der Waals surface area contributed by atoms with E-state index in [0.29, 0.717) is 18.6 Å². The lowest BCUT2D eigenvalue weighted by Gasteiger charge is -2.09. The third-order valence-corrected chi connectivity index (χ3v) is 5.87. The van der Waals surface area contributed by atoms with Crippen LogP contribution in [0.4, 0.5) is 0 Å². The van der Waals surface area contributed by atoms with Crippen molar-refractivity contribution in [2.45, 2.75) is 19.4 Å². The fourth-order valence-electron chi connectivity index (χ4n) is 4.10. The maximum absolute atomic E-state index is 12.7. The molecule has 5 rings (SSSR count). The van der Waals surface area contributed by atoms with Crippen molar-refractivity contribution in [2.75, 3.05) is 6.61 Å². The van der Waals surface area contributed by atoms with Gasteiger partial charge in [0.2, 0.25) is 0 Å². The zero-order valence-corrected chi connectivity index (χ0v) is 17.9. The molecule has 0 aliphatic carbocycles. The van der Waals surface area contributed by atoms with Gasteiger partial charge in [-0.3, -0.25) is 0 Å². The van der Waals surface area contributed by atoms with Crippen LogP contribution in [0.25, 0.3) is 10.8 Å². The molecule has 1 heterocycles. The van der Waals surface area contributed by atoms with Crippen LogP contribution in [0.3, 0.4) is 0 Å². The number of aromatic carboxylic acids is 1. The first-order chi connectivity index (χ1) is 16.0. The summed E-state index contributed by atoms with van der Waals surface area (Å²) in [6.07, 6.45) is 1.56. The fourth-order valence-corrected chi connectivity index (χ4v) is 4.10. The van der Waals surface area contributed by atoms with E-state index in [1.54, 1.807) is 18.2 Å². The second-order valence-corrected chi connectivity index (χ2v) is 8.19. The quantitative estimate of drug-likeness (QED) is 0.407. The summed E-state index contributed by atoms with van der Waals surface area (Å²) in [7, 11) is 0. The minimum atomic E-state index is -0.933. The van der Waals surface area contributed by atoms with Crippen LogP contribution >= 0.6 is 0 Å². The molecule has 0 unspecified atom stereocenters. The highest BCUT2D eigenvalue weighted by molar-refractivity contribution is 5.95. The van der Waals surface area contributed by atoms with Gasteiger partial charge < -0.3 is 14.6 Å². The van der Waals surface area contributed by atoms with Gasteiger partial charge in [-0.15, -0.1) is 0 Å². The van der Waals surface area contributed by atoms with Crippen LogP contribution in [-0.2, 0) is 24.2 Å². The summed E-state index contributed by atoms with van der Waals surface area (Å²) in [5.41, 5.74) is 4.98. The third kappa shape index (κ3) is 4.58. The number of rotatable bonds is 6. The number of ether oxygens (including phenoxy) is 2. The van der Waals surface area contributed by atoms with E-state index in [1.807, 2.05) is 54.6 Å². The highest BCUT2D eigenvalue weighted by atomic mass is 16.5. The first-order valence-corrected chi connectivity index (χ1v) is 10.8. The van der Waals surface area contributed by atoms with Crippen molar-refractivity contribution >= 4 is 22.7 Å². The summed E-state index contributed by atoms with van der Waals surface area (Å²) >= 11 is 0. The lowest BCUT2D eigenvalue weighted by atomic mass is 9.99. The maximum Gasteiger partial charge on any atom is 0.338 e. The number of carboxylic acid groups (broad SMARTS) is 1. The Morgan fingerprint density at radius 1 is 0.788 bits per heavy atom. The molecule has 5 nitrogen and oxygen atoms in total. The van der Waals surface area contributed by atoms with Crippen molar-refractivity contribution in [3.63, 3.8) is 0 Å². The van der Waals surface area contributed by atoms with Gasteiger partial charge in [-0.1, -0.05) is 42.5 Å². The van der Waals surface area contributed by atoms with Crippen LogP contribution in [0.2, 0.25) is 0 Å². The average Bonchev–Trinajstić information content (AvgIpc) is 3.30. The van der Waals surface area contributed by atoms with E-state index in [9.17, 15) is 9.59 Å². The molecule has 4 aromatic rings. The van der Waals surface area contributed by atoms with Crippen LogP contribution in [0.5, 0.6) is 5.75 Å². The standard InChI is InChI=1S/C28H22O5/c29-27(30)22-6-1-18(2-7-22)13-19-3-5-21-8-9-24(16-25(21)14-19)28(31)33-17-20-4-10-26-23(15-20)11-12-32-26/h1-10,14-16H,11-13,17H2,(H,29,30). The molecule has 33 heavy (non-hydrogen) atoms. The number of esters is 1. The van der Waals surface area contributed by atoms with Crippen LogP contribution in [0.15, 0.2) is 78.9 Å². The first-order valence-electron chi connectivity index (χ1n) is 10.8. The van der Waals surface area contributed by atoms with Gasteiger partial charge >= 0.3 is 11.9 Å². The molecule has 0 fully saturated rings. The van der Waals surface area contributed by atoms with Gasteiger partial charge in [-0.2, -0.15) is 0 Å². The summed E-state index contributed by atoms with van der Waals surface area (Å²) in [6, 6.07) is 24.4. The number of hydrogen-bond acceptors (Lipinski definition) is 4. The van der Waals surface area contributed by atoms with Gasteiger partial charge in [0, 0.05) is 6.42 Å². The van der Waals surface area contributed by atoms with E-state index in [1.165, 1.54) is 0 Å². The van der Waals surface area contributed by atoms with Gasteiger partial charge in [-0.05, 0) is 75.8 Å². The Hall–Kier alpha value is -4.12. The van der Waals surface area contributed by atoms with Gasteiger partial charge in [0.25, 0.3) is 0 Å². The zero-order chi connectivity index (χ0) is 22.8. The summed E-state index contributed by atoms with van der Waals surface area (Å²) in [4.78, 5) is 23.7. The summed E-state index contributed by atoms with van der Waals surface area (Å²) in [5.74, 6) is -0.381. The third-order valence-electron chi connectivity index (χ3n) is 5.87. The van der Waals surface area contributed by atoms with Crippen molar-refractivity contribution < 1.29 is 24.2 Å². The molecular weight excluding hydrogens is 416 g/mol. The second kappa shape index (κ2) is 8.79. The zero-order valence-electron chi connectivity index (χ0n) is 17.9. The number of benzene rings is 4. The minimum absolute atomic E-state index is 0.219. The molecule has 5 heteroatoms. The van der Waals surface area contributed by atoms with Gasteiger partial charge in [0.05, 0.1) is 17.7 Å². The topological polar surface area (TPSA) is 72.8 Å². The molecule has 0 radical (unpaired) electrons. The second-order valence-electron chi connectivity index (χ2n) is 8.19. The molecule has 164 valence electrons. The predicted molar refractivity (Wildman–Crippen MR) is 125 cm³/mol. The Morgan fingerprint density at radius 2 is 1.52 bits per heavy atom. The number of carboxylic acids is 1. The van der Waals surface area contributed by atoms with E-state index in [4.69, 9.17) is 14.6 Å². The van der Waals surface area contributed by atoms with E-state index < -0.39 is 5.97 Å². The molecule has 0 atom stereocenters. The normalized spacial score (nSPS) is 12.2. The molecule has 0 bridgehead atoms. The average molecular weight is 438 g/mol. The smallest absolute Gasteiger partial charge is 0.338 e. The SMILES string of the molecule is O=C(O)c1ccc(Cc2ccc3ccc(C(=O)OCc4ccc5c(c4)CCO5)cc3c2)cc1. The Morgan fingerprint density at radius 3 is 2.33 bits per heavy atom. The van der Waals surface area contributed by atoms with Crippen LogP contribution in [-0.4, -0.2) is 23.7 Å². The van der Waals surface area contributed by atoms with Gasteiger partial charge in [0.1, 0.15) is 12.4 Å². The van der Waals surface area contributed by atoms with Crippen molar-refractivity contribution in [1.82, 2.24) is 0 Å². The number of fused-ring (bicyclic) bond motifs is 2. The number of carbonyl (C=O) groups excluding carboxylic acids is 1. The fraction of sp³-hybridized carbons (Fsp3) is 0.143. The van der Waals surface area contributed by atoms with Crippen molar-refractivity contribution in [3.05, 3.63) is 112 Å². The molecule has 0 saturated heterocycles. The highest BCUT2D eigenvalue weighted by Gasteiger charge is 2.14. The summed E-state index contributed by atoms with van der Waals surface area (Å²) in [5, 5.41) is 11.0. The van der Waals surface area contributed by atoms with Crippen molar-refractivity contribution in [2.24, 2.45) is 0 Å². The van der Waals surface area contributed by atoms with Gasteiger partial charge in [-0.25, -0.2) is 9.59 Å². The number of carbonyl (C=O) groups is 2. The first kappa shape index (κ1) is 20.8. The van der Waals surface area contributed by atoms with Crippen molar-refractivity contribution in [1.29, 1.82) is 0 Å². The molecule has 0 aromatic heterocycles. The minimum Gasteiger partial charge on any atom is -0.493 e. The molecule has 1 N–H and O–H groups in total. The molecule has 1 aliphatic heterocycles. The van der Waals surface area contributed by atoms with Gasteiger partial charge in [0.15, 0.2) is 0 Å². The van der Waals surface area contributed by atoms with E-state index >= 15 is 0 Å². The van der Waals surface area contributed by atoms with Crippen LogP contribution in [0, 0.1) is 0 Å². The molecule has 1 aliphatic rings. The molecule has 0 spiro atoms. The molecular formula is C28H22O5. The van der Waals surface area contributed by atoms with Crippen molar-refractivity contribution in [3.8, 4) is 5.75 Å². The Balaban J connectivity index is 1.29. The van der Waals surface area contributed by atoms with Crippen LogP contribution in [0.1, 0.15) is 43.0 Å². The summed E-state index contributed by atoms with van der Waals surface area (Å²) in [6.45, 7) is 0.918. The van der Waals surface area contributed by atoms with E-state index in [-0.39, 0.29) is 18.1 Å². The summed E-state index contributed by atoms with van der Waals surface area (Å²) < 4.78 is 11.1. The van der Waals surface area contributed by atoms with E-state index in [0.717, 1.165) is 45.2 Å². The number of hydrogen-bond donors (Lipinski definition) is 1.